The van der Waals surface area contributed by atoms with E-state index >= 15 is 0 Å². The van der Waals surface area contributed by atoms with Crippen molar-refractivity contribution in [2.45, 2.75) is 64.5 Å². The summed E-state index contributed by atoms with van der Waals surface area (Å²) in [5.74, 6) is 0.638. The minimum atomic E-state index is -0.937. The van der Waals surface area contributed by atoms with Gasteiger partial charge in [-0.05, 0) is 56.7 Å². The van der Waals surface area contributed by atoms with Crippen LogP contribution in [0.5, 0.6) is 5.75 Å². The number of aliphatic hydroxyl groups is 1. The van der Waals surface area contributed by atoms with E-state index < -0.39 is 17.7 Å². The van der Waals surface area contributed by atoms with E-state index in [1.54, 1.807) is 0 Å². The molecule has 6 heteroatoms. The molecule has 2 fully saturated rings. The van der Waals surface area contributed by atoms with Crippen molar-refractivity contribution >= 4 is 11.9 Å². The number of amides is 3. The number of urea groups is 1. The molecule has 1 aliphatic heterocycles. The molecule has 6 nitrogen and oxygen atoms in total. The smallest absolute Gasteiger partial charge is 0.325 e. The van der Waals surface area contributed by atoms with Crippen LogP contribution in [0, 0.1) is 19.8 Å². The molecule has 3 rings (SSSR count). The van der Waals surface area contributed by atoms with Crippen LogP contribution < -0.4 is 10.1 Å². The van der Waals surface area contributed by atoms with Crippen molar-refractivity contribution in [1.82, 2.24) is 10.2 Å². The van der Waals surface area contributed by atoms with Gasteiger partial charge in [-0.1, -0.05) is 31.4 Å². The van der Waals surface area contributed by atoms with Gasteiger partial charge in [-0.2, -0.15) is 0 Å². The van der Waals surface area contributed by atoms with E-state index in [2.05, 4.69) is 5.32 Å². The molecule has 0 bridgehead atoms. The van der Waals surface area contributed by atoms with Gasteiger partial charge in [0.15, 0.2) is 0 Å². The van der Waals surface area contributed by atoms with Gasteiger partial charge in [0.2, 0.25) is 0 Å². The highest BCUT2D eigenvalue weighted by atomic mass is 16.5. The van der Waals surface area contributed by atoms with Gasteiger partial charge in [-0.3, -0.25) is 9.69 Å². The van der Waals surface area contributed by atoms with Crippen molar-refractivity contribution < 1.29 is 19.4 Å². The number of imide groups is 1. The third kappa shape index (κ3) is 4.10. The van der Waals surface area contributed by atoms with E-state index in [0.29, 0.717) is 5.75 Å². The van der Waals surface area contributed by atoms with E-state index in [-0.39, 0.29) is 25.0 Å². The predicted octanol–water partition coefficient (Wildman–Crippen LogP) is 2.93. The first-order chi connectivity index (χ1) is 12.8. The molecule has 0 unspecified atom stereocenters. The van der Waals surface area contributed by atoms with Gasteiger partial charge in [0.05, 0.1) is 6.54 Å². The number of β-amino-alcohol motifs (C(OH)–C–C–N with tert-alkyl or cyclic N) is 1. The number of ether oxygens (including phenoxy) is 1. The Hall–Kier alpha value is -2.08. The number of nitrogens with one attached hydrogen (secondary N) is 1. The van der Waals surface area contributed by atoms with E-state index in [4.69, 9.17) is 4.74 Å². The Labute approximate surface area is 160 Å². The normalized spacial score (nSPS) is 24.8. The third-order valence-corrected chi connectivity index (χ3v) is 5.89. The van der Waals surface area contributed by atoms with Gasteiger partial charge in [0.1, 0.15) is 24.0 Å². The molecule has 1 aliphatic carbocycles. The average Bonchev–Trinajstić information content (AvgIpc) is 2.87. The minimum absolute atomic E-state index is 0.0293. The number of carbonyl (C=O) groups is 2. The first-order valence-electron chi connectivity index (χ1n) is 9.83. The van der Waals surface area contributed by atoms with E-state index in [1.165, 1.54) is 6.42 Å². The Morgan fingerprint density at radius 2 is 1.96 bits per heavy atom. The lowest BCUT2D eigenvalue weighted by atomic mass is 9.75. The lowest BCUT2D eigenvalue weighted by Crippen LogP contribution is -2.51. The monoisotopic (exact) mass is 374 g/mol. The molecule has 27 heavy (non-hydrogen) atoms. The summed E-state index contributed by atoms with van der Waals surface area (Å²) in [5, 5.41) is 13.2. The van der Waals surface area contributed by atoms with Gasteiger partial charge >= 0.3 is 6.03 Å². The van der Waals surface area contributed by atoms with Gasteiger partial charge in [0.25, 0.3) is 5.91 Å². The van der Waals surface area contributed by atoms with Crippen LogP contribution >= 0.6 is 0 Å². The number of nitrogens with zero attached hydrogens (tertiary/aromatic N) is 1. The quantitative estimate of drug-likeness (QED) is 0.751. The number of benzene rings is 1. The molecular formula is C21H30N2O4. The van der Waals surface area contributed by atoms with Gasteiger partial charge in [0, 0.05) is 0 Å². The Morgan fingerprint density at radius 3 is 2.67 bits per heavy atom. The van der Waals surface area contributed by atoms with Gasteiger partial charge < -0.3 is 15.2 Å². The number of aliphatic hydroxyl groups excluding tert-OH is 1. The number of hydrogen-bond acceptors (Lipinski definition) is 4. The fourth-order valence-electron chi connectivity index (χ4n) is 4.15. The Morgan fingerprint density at radius 1 is 1.26 bits per heavy atom. The maximum atomic E-state index is 12.9. The lowest BCUT2D eigenvalue weighted by Gasteiger charge is -2.34. The topological polar surface area (TPSA) is 78.9 Å². The summed E-state index contributed by atoms with van der Waals surface area (Å²) in [6.45, 7) is 5.71. The van der Waals surface area contributed by atoms with Crippen LogP contribution in [0.1, 0.15) is 50.2 Å². The maximum Gasteiger partial charge on any atom is 0.325 e. The molecule has 1 saturated carbocycles. The van der Waals surface area contributed by atoms with Crippen LogP contribution in [-0.4, -0.2) is 46.7 Å². The van der Waals surface area contributed by atoms with Crippen LogP contribution in [0.2, 0.25) is 0 Å². The average molecular weight is 374 g/mol. The zero-order valence-corrected chi connectivity index (χ0v) is 16.5. The van der Waals surface area contributed by atoms with E-state index in [9.17, 15) is 14.7 Å². The van der Waals surface area contributed by atoms with E-state index in [0.717, 1.165) is 41.7 Å². The summed E-state index contributed by atoms with van der Waals surface area (Å²) >= 11 is 0. The summed E-state index contributed by atoms with van der Waals surface area (Å²) in [6, 6.07) is 5.46. The number of hydrogen-bond donors (Lipinski definition) is 2. The molecule has 0 radical (unpaired) electrons. The molecule has 1 saturated heterocycles. The SMILES string of the molecule is Cc1ccc(C)c(OC[C@@H](O)CN2C(=O)N[C@](C)(C3CCCCC3)C2=O)c1. The third-order valence-electron chi connectivity index (χ3n) is 5.89. The minimum Gasteiger partial charge on any atom is -0.491 e. The standard InChI is InChI=1S/C21H30N2O4/c1-14-9-10-15(2)18(11-14)27-13-17(24)12-23-19(25)21(3,22-20(23)26)16-7-5-4-6-8-16/h9-11,16-17,24H,4-8,12-13H2,1-3H3,(H,22,26)/t17-,21+/m0/s1. The molecule has 0 spiro atoms. The summed E-state index contributed by atoms with van der Waals surface area (Å²) < 4.78 is 5.71. The van der Waals surface area contributed by atoms with Crippen LogP contribution in [0.25, 0.3) is 0 Å². The summed E-state index contributed by atoms with van der Waals surface area (Å²) in [7, 11) is 0. The first-order valence-corrected chi connectivity index (χ1v) is 9.83. The molecule has 2 atom stereocenters. The predicted molar refractivity (Wildman–Crippen MR) is 103 cm³/mol. The number of carbonyl (C=O) groups excluding carboxylic acids is 2. The summed E-state index contributed by atoms with van der Waals surface area (Å²) in [6.07, 6.45) is 4.34. The fraction of sp³-hybridized carbons (Fsp3) is 0.619. The van der Waals surface area contributed by atoms with Crippen molar-refractivity contribution in [2.24, 2.45) is 5.92 Å². The van der Waals surface area contributed by atoms with Crippen molar-refractivity contribution in [2.75, 3.05) is 13.2 Å². The second-order valence-corrected chi connectivity index (χ2v) is 8.12. The molecule has 2 N–H and O–H groups in total. The highest BCUT2D eigenvalue weighted by Crippen LogP contribution is 2.36. The summed E-state index contributed by atoms with van der Waals surface area (Å²) in [4.78, 5) is 26.5. The highest BCUT2D eigenvalue weighted by Gasteiger charge is 2.52. The molecule has 1 aromatic rings. The molecule has 1 aromatic carbocycles. The summed E-state index contributed by atoms with van der Waals surface area (Å²) in [5.41, 5.74) is 1.20. The highest BCUT2D eigenvalue weighted by molar-refractivity contribution is 6.07. The molecule has 0 aromatic heterocycles. The van der Waals surface area contributed by atoms with Crippen LogP contribution in [0.15, 0.2) is 18.2 Å². The Kier molecular flexibility index (Phi) is 5.75. The molecular weight excluding hydrogens is 344 g/mol. The Balaban J connectivity index is 1.60. The number of aryl methyl sites for hydroxylation is 2. The zero-order valence-electron chi connectivity index (χ0n) is 16.5. The largest absolute Gasteiger partial charge is 0.491 e. The maximum absolute atomic E-state index is 12.9. The number of rotatable bonds is 6. The molecule has 148 valence electrons. The second-order valence-electron chi connectivity index (χ2n) is 8.12. The molecule has 2 aliphatic rings. The van der Waals surface area contributed by atoms with Crippen molar-refractivity contribution in [1.29, 1.82) is 0 Å². The van der Waals surface area contributed by atoms with Crippen molar-refractivity contribution in [3.63, 3.8) is 0 Å². The first kappa shape index (κ1) is 19.7. The van der Waals surface area contributed by atoms with Crippen LogP contribution in [0.3, 0.4) is 0 Å². The van der Waals surface area contributed by atoms with Gasteiger partial charge in [-0.25, -0.2) is 4.79 Å². The Bertz CT molecular complexity index is 714. The fourth-order valence-corrected chi connectivity index (χ4v) is 4.15. The second kappa shape index (κ2) is 7.89. The van der Waals surface area contributed by atoms with Crippen molar-refractivity contribution in [3.05, 3.63) is 29.3 Å². The molecule has 1 heterocycles. The van der Waals surface area contributed by atoms with Crippen LogP contribution in [-0.2, 0) is 4.79 Å². The lowest BCUT2D eigenvalue weighted by molar-refractivity contribution is -0.134. The van der Waals surface area contributed by atoms with E-state index in [1.807, 2.05) is 39.0 Å². The van der Waals surface area contributed by atoms with Crippen LogP contribution in [0.4, 0.5) is 4.79 Å². The van der Waals surface area contributed by atoms with Gasteiger partial charge in [-0.15, -0.1) is 0 Å². The molecule has 3 amide bonds. The zero-order chi connectivity index (χ0) is 19.6. The van der Waals surface area contributed by atoms with Crippen molar-refractivity contribution in [3.8, 4) is 5.75 Å².